The number of carboxylic acids is 1. The van der Waals surface area contributed by atoms with Gasteiger partial charge in [-0.1, -0.05) is 18.2 Å². The van der Waals surface area contributed by atoms with Crippen LogP contribution >= 0.6 is 0 Å². The first-order chi connectivity index (χ1) is 8.99. The molecule has 1 saturated carbocycles. The summed E-state index contributed by atoms with van der Waals surface area (Å²) in [6.45, 7) is 3.93. The maximum Gasteiger partial charge on any atom is 0.326 e. The SMILES string of the molecule is Cc1cccc(C)c1CC(=O)NC(C(=O)O)C1CC1. The van der Waals surface area contributed by atoms with Crippen molar-refractivity contribution in [2.75, 3.05) is 0 Å². The first kappa shape index (κ1) is 13.6. The highest BCUT2D eigenvalue weighted by Crippen LogP contribution is 2.32. The van der Waals surface area contributed by atoms with Crippen molar-refractivity contribution in [2.45, 2.75) is 39.2 Å². The lowest BCUT2D eigenvalue weighted by atomic mass is 9.99. The highest BCUT2D eigenvalue weighted by atomic mass is 16.4. The lowest BCUT2D eigenvalue weighted by Crippen LogP contribution is -2.43. The molecule has 0 aliphatic heterocycles. The molecule has 1 aromatic rings. The molecule has 0 spiro atoms. The molecule has 0 aromatic heterocycles. The number of carboxylic acid groups (broad SMARTS) is 1. The van der Waals surface area contributed by atoms with Gasteiger partial charge < -0.3 is 10.4 Å². The van der Waals surface area contributed by atoms with Crippen molar-refractivity contribution in [3.05, 3.63) is 34.9 Å². The second-order valence-electron chi connectivity index (χ2n) is 5.27. The summed E-state index contributed by atoms with van der Waals surface area (Å²) in [4.78, 5) is 23.1. The summed E-state index contributed by atoms with van der Waals surface area (Å²) in [7, 11) is 0. The average Bonchev–Trinajstić information content (AvgIpc) is 3.15. The summed E-state index contributed by atoms with van der Waals surface area (Å²) >= 11 is 0. The minimum absolute atomic E-state index is 0.111. The van der Waals surface area contributed by atoms with E-state index >= 15 is 0 Å². The number of aliphatic carboxylic acids is 1. The molecule has 1 fully saturated rings. The Balaban J connectivity index is 2.02. The van der Waals surface area contributed by atoms with Crippen molar-refractivity contribution in [1.82, 2.24) is 5.32 Å². The Morgan fingerprint density at radius 2 is 1.89 bits per heavy atom. The van der Waals surface area contributed by atoms with E-state index < -0.39 is 12.0 Å². The van der Waals surface area contributed by atoms with Crippen LogP contribution in [0.15, 0.2) is 18.2 Å². The Kier molecular flexibility index (Phi) is 3.88. The topological polar surface area (TPSA) is 66.4 Å². The normalized spacial score (nSPS) is 15.9. The van der Waals surface area contributed by atoms with E-state index in [2.05, 4.69) is 5.32 Å². The van der Waals surface area contributed by atoms with E-state index in [1.165, 1.54) is 0 Å². The number of hydrogen-bond donors (Lipinski definition) is 2. The summed E-state index contributed by atoms with van der Waals surface area (Å²) in [6.07, 6.45) is 2.02. The molecule has 0 radical (unpaired) electrons. The lowest BCUT2D eigenvalue weighted by molar-refractivity contribution is -0.142. The summed E-state index contributed by atoms with van der Waals surface area (Å²) in [5.74, 6) is -1.03. The third-order valence-electron chi connectivity index (χ3n) is 3.66. The third-order valence-corrected chi connectivity index (χ3v) is 3.66. The molecule has 4 nitrogen and oxygen atoms in total. The van der Waals surface area contributed by atoms with E-state index in [9.17, 15) is 9.59 Å². The Morgan fingerprint density at radius 1 is 1.32 bits per heavy atom. The molecule has 1 aromatic carbocycles. The molecule has 0 heterocycles. The molecule has 0 saturated heterocycles. The lowest BCUT2D eigenvalue weighted by Gasteiger charge is -2.15. The number of aryl methyl sites for hydroxylation is 2. The van der Waals surface area contributed by atoms with E-state index in [1.54, 1.807) is 0 Å². The van der Waals surface area contributed by atoms with Gasteiger partial charge >= 0.3 is 5.97 Å². The van der Waals surface area contributed by atoms with E-state index in [1.807, 2.05) is 32.0 Å². The molecule has 2 N–H and O–H groups in total. The molecule has 1 unspecified atom stereocenters. The van der Waals surface area contributed by atoms with Crippen molar-refractivity contribution in [2.24, 2.45) is 5.92 Å². The first-order valence-electron chi connectivity index (χ1n) is 6.56. The van der Waals surface area contributed by atoms with Crippen LogP contribution in [-0.4, -0.2) is 23.0 Å². The molecule has 1 aliphatic rings. The zero-order valence-electron chi connectivity index (χ0n) is 11.3. The van der Waals surface area contributed by atoms with Crippen molar-refractivity contribution in [3.63, 3.8) is 0 Å². The second kappa shape index (κ2) is 5.43. The molecule has 1 aliphatic carbocycles. The van der Waals surface area contributed by atoms with Gasteiger partial charge in [-0.3, -0.25) is 4.79 Å². The maximum absolute atomic E-state index is 12.0. The van der Waals surface area contributed by atoms with Crippen molar-refractivity contribution >= 4 is 11.9 Å². The molecule has 4 heteroatoms. The molecular formula is C15H19NO3. The fourth-order valence-corrected chi connectivity index (χ4v) is 2.32. The Hall–Kier alpha value is -1.84. The van der Waals surface area contributed by atoms with Gasteiger partial charge in [0, 0.05) is 0 Å². The number of hydrogen-bond acceptors (Lipinski definition) is 2. The molecular weight excluding hydrogens is 242 g/mol. The van der Waals surface area contributed by atoms with Gasteiger partial charge in [-0.05, 0) is 49.3 Å². The van der Waals surface area contributed by atoms with Gasteiger partial charge in [0.25, 0.3) is 0 Å². The van der Waals surface area contributed by atoms with Crippen LogP contribution in [0.2, 0.25) is 0 Å². The zero-order valence-corrected chi connectivity index (χ0v) is 11.3. The molecule has 0 bridgehead atoms. The highest BCUT2D eigenvalue weighted by Gasteiger charge is 2.37. The van der Waals surface area contributed by atoms with Gasteiger partial charge in [0.1, 0.15) is 6.04 Å². The van der Waals surface area contributed by atoms with Gasteiger partial charge in [0.05, 0.1) is 6.42 Å². The van der Waals surface area contributed by atoms with Crippen molar-refractivity contribution < 1.29 is 14.7 Å². The largest absolute Gasteiger partial charge is 0.480 e. The molecule has 1 atom stereocenters. The van der Waals surface area contributed by atoms with Crippen LogP contribution in [0.5, 0.6) is 0 Å². The smallest absolute Gasteiger partial charge is 0.326 e. The predicted molar refractivity (Wildman–Crippen MR) is 71.9 cm³/mol. The fourth-order valence-electron chi connectivity index (χ4n) is 2.32. The van der Waals surface area contributed by atoms with Gasteiger partial charge in [-0.25, -0.2) is 4.79 Å². The number of carbonyl (C=O) groups excluding carboxylic acids is 1. The Bertz CT molecular complexity index is 486. The van der Waals surface area contributed by atoms with Gasteiger partial charge in [0.15, 0.2) is 0 Å². The predicted octanol–water partition coefficient (Wildman–Crippen LogP) is 1.83. The molecule has 19 heavy (non-hydrogen) atoms. The summed E-state index contributed by atoms with van der Waals surface area (Å²) in [6, 6.07) is 5.16. The average molecular weight is 261 g/mol. The Labute approximate surface area is 112 Å². The zero-order chi connectivity index (χ0) is 14.0. The highest BCUT2D eigenvalue weighted by molar-refractivity contribution is 5.85. The molecule has 102 valence electrons. The second-order valence-corrected chi connectivity index (χ2v) is 5.27. The Morgan fingerprint density at radius 3 is 2.37 bits per heavy atom. The van der Waals surface area contributed by atoms with Crippen LogP contribution < -0.4 is 5.32 Å². The monoisotopic (exact) mass is 261 g/mol. The summed E-state index contributed by atoms with van der Waals surface area (Å²) in [5.41, 5.74) is 3.11. The van der Waals surface area contributed by atoms with Gasteiger partial charge in [0.2, 0.25) is 5.91 Å². The standard InChI is InChI=1S/C15H19NO3/c1-9-4-3-5-10(2)12(9)8-13(17)16-14(15(18)19)11-6-7-11/h3-5,11,14H,6-8H2,1-2H3,(H,16,17)(H,18,19). The quantitative estimate of drug-likeness (QED) is 0.849. The third kappa shape index (κ3) is 3.34. The summed E-state index contributed by atoms with van der Waals surface area (Å²) < 4.78 is 0. The van der Waals surface area contributed by atoms with Crippen LogP contribution in [0, 0.1) is 19.8 Å². The van der Waals surface area contributed by atoms with Crippen LogP contribution in [-0.2, 0) is 16.0 Å². The minimum Gasteiger partial charge on any atom is -0.480 e. The number of amides is 1. The van der Waals surface area contributed by atoms with Crippen molar-refractivity contribution in [3.8, 4) is 0 Å². The van der Waals surface area contributed by atoms with Crippen LogP contribution in [0.3, 0.4) is 0 Å². The van der Waals surface area contributed by atoms with E-state index in [0.717, 1.165) is 29.5 Å². The number of rotatable bonds is 5. The van der Waals surface area contributed by atoms with Crippen LogP contribution in [0.25, 0.3) is 0 Å². The van der Waals surface area contributed by atoms with E-state index in [0.29, 0.717) is 0 Å². The minimum atomic E-state index is -0.933. The van der Waals surface area contributed by atoms with Crippen LogP contribution in [0.1, 0.15) is 29.5 Å². The molecule has 2 rings (SSSR count). The summed E-state index contributed by atoms with van der Waals surface area (Å²) in [5, 5.41) is 11.7. The number of benzene rings is 1. The van der Waals surface area contributed by atoms with Gasteiger partial charge in [-0.15, -0.1) is 0 Å². The fraction of sp³-hybridized carbons (Fsp3) is 0.467. The number of nitrogens with one attached hydrogen (secondary N) is 1. The molecule has 1 amide bonds. The van der Waals surface area contributed by atoms with Gasteiger partial charge in [-0.2, -0.15) is 0 Å². The van der Waals surface area contributed by atoms with Crippen molar-refractivity contribution in [1.29, 1.82) is 0 Å². The number of carbonyl (C=O) groups is 2. The van der Waals surface area contributed by atoms with Crippen LogP contribution in [0.4, 0.5) is 0 Å². The first-order valence-corrected chi connectivity index (χ1v) is 6.56. The maximum atomic E-state index is 12.0. The van der Waals surface area contributed by atoms with E-state index in [-0.39, 0.29) is 18.2 Å². The van der Waals surface area contributed by atoms with E-state index in [4.69, 9.17) is 5.11 Å².